The van der Waals surface area contributed by atoms with E-state index in [9.17, 15) is 4.79 Å². The van der Waals surface area contributed by atoms with Crippen molar-refractivity contribution in [3.05, 3.63) is 83.4 Å². The fraction of sp³-hybridized carbons (Fsp3) is 0.333. The molecular weight excluding hydrogens is 436 g/mol. The van der Waals surface area contributed by atoms with Gasteiger partial charge in [-0.15, -0.1) is 0 Å². The third-order valence-electron chi connectivity index (χ3n) is 7.18. The van der Waals surface area contributed by atoms with Crippen LogP contribution in [-0.2, 0) is 11.4 Å². The number of benzene rings is 3. The standard InChI is InChI=1S/C30H32N2O3/c1-20-7-3-6-10-26(20)30-27-16-11-22(18-28(27)32(31-30)24-8-4-5-9-24)19-35-25-14-12-23(13-15-25)21(2)17-29(33)34/h3,6-7,10-16,18,21,24H,4-5,8-9,17,19H2,1-2H3,(H,33,34). The van der Waals surface area contributed by atoms with Gasteiger partial charge in [-0.1, -0.05) is 68.3 Å². The molecule has 1 aliphatic rings. The number of nitrogens with zero attached hydrogens (tertiary/aromatic N) is 2. The summed E-state index contributed by atoms with van der Waals surface area (Å²) in [5.74, 6) is -0.0285. The lowest BCUT2D eigenvalue weighted by Gasteiger charge is -2.13. The van der Waals surface area contributed by atoms with Gasteiger partial charge in [0.1, 0.15) is 18.1 Å². The van der Waals surface area contributed by atoms with Crippen molar-refractivity contribution >= 4 is 16.9 Å². The van der Waals surface area contributed by atoms with E-state index in [0.29, 0.717) is 12.6 Å². The number of hydrogen-bond donors (Lipinski definition) is 1. The molecule has 3 aromatic carbocycles. The number of carboxylic acids is 1. The molecule has 1 unspecified atom stereocenters. The quantitative estimate of drug-likeness (QED) is 0.295. The zero-order valence-electron chi connectivity index (χ0n) is 20.4. The van der Waals surface area contributed by atoms with Crippen LogP contribution in [0.15, 0.2) is 66.7 Å². The first-order valence-electron chi connectivity index (χ1n) is 12.5. The van der Waals surface area contributed by atoms with Crippen molar-refractivity contribution in [1.29, 1.82) is 0 Å². The average molecular weight is 469 g/mol. The van der Waals surface area contributed by atoms with E-state index in [1.165, 1.54) is 47.7 Å². The first-order valence-corrected chi connectivity index (χ1v) is 12.5. The van der Waals surface area contributed by atoms with Gasteiger partial charge in [-0.25, -0.2) is 0 Å². The molecule has 0 spiro atoms. The van der Waals surface area contributed by atoms with E-state index in [1.807, 2.05) is 31.2 Å². The molecule has 0 bridgehead atoms. The first kappa shape index (κ1) is 23.2. The Morgan fingerprint density at radius 2 is 1.83 bits per heavy atom. The lowest BCUT2D eigenvalue weighted by Crippen LogP contribution is -2.07. The molecule has 35 heavy (non-hydrogen) atoms. The average Bonchev–Trinajstić information content (AvgIpc) is 3.51. The maximum Gasteiger partial charge on any atom is 0.303 e. The Hall–Kier alpha value is -3.60. The predicted octanol–water partition coefficient (Wildman–Crippen LogP) is 7.28. The summed E-state index contributed by atoms with van der Waals surface area (Å²) in [6.07, 6.45) is 5.00. The third-order valence-corrected chi connectivity index (χ3v) is 7.18. The zero-order valence-corrected chi connectivity index (χ0v) is 20.4. The number of rotatable bonds is 8. The molecule has 5 rings (SSSR count). The Morgan fingerprint density at radius 1 is 1.09 bits per heavy atom. The van der Waals surface area contributed by atoms with Crippen LogP contribution in [0.2, 0.25) is 0 Å². The number of aliphatic carboxylic acids is 1. The summed E-state index contributed by atoms with van der Waals surface area (Å²) in [4.78, 5) is 11.0. The molecule has 0 amide bonds. The highest BCUT2D eigenvalue weighted by molar-refractivity contribution is 5.94. The molecule has 4 aromatic rings. The molecule has 180 valence electrons. The minimum absolute atomic E-state index is 0.0257. The van der Waals surface area contributed by atoms with E-state index in [-0.39, 0.29) is 12.3 Å². The fourth-order valence-corrected chi connectivity index (χ4v) is 5.18. The predicted molar refractivity (Wildman–Crippen MR) is 139 cm³/mol. The number of ether oxygens (including phenoxy) is 1. The van der Waals surface area contributed by atoms with E-state index in [0.717, 1.165) is 22.6 Å². The largest absolute Gasteiger partial charge is 0.489 e. The molecule has 1 N–H and O–H groups in total. The van der Waals surface area contributed by atoms with E-state index < -0.39 is 5.97 Å². The van der Waals surface area contributed by atoms with Crippen molar-refractivity contribution in [2.24, 2.45) is 0 Å². The summed E-state index contributed by atoms with van der Waals surface area (Å²) in [5, 5.41) is 15.4. The third kappa shape index (κ3) is 4.95. The van der Waals surface area contributed by atoms with Gasteiger partial charge in [-0.2, -0.15) is 5.10 Å². The number of aromatic nitrogens is 2. The Labute approximate surface area is 206 Å². The van der Waals surface area contributed by atoms with E-state index in [4.69, 9.17) is 14.9 Å². The van der Waals surface area contributed by atoms with Gasteiger partial charge in [-0.3, -0.25) is 9.48 Å². The van der Waals surface area contributed by atoms with E-state index in [1.54, 1.807) is 0 Å². The second-order valence-electron chi connectivity index (χ2n) is 9.75. The monoisotopic (exact) mass is 468 g/mol. The van der Waals surface area contributed by atoms with Crippen molar-refractivity contribution in [3.63, 3.8) is 0 Å². The molecule has 0 radical (unpaired) electrons. The Morgan fingerprint density at radius 3 is 2.54 bits per heavy atom. The van der Waals surface area contributed by atoms with Crippen molar-refractivity contribution < 1.29 is 14.6 Å². The van der Waals surface area contributed by atoms with Crippen molar-refractivity contribution in [2.45, 2.75) is 64.5 Å². The number of carbonyl (C=O) groups is 1. The van der Waals surface area contributed by atoms with Gasteiger partial charge in [0, 0.05) is 10.9 Å². The van der Waals surface area contributed by atoms with Gasteiger partial charge in [0.2, 0.25) is 0 Å². The van der Waals surface area contributed by atoms with Crippen LogP contribution in [0.4, 0.5) is 0 Å². The fourth-order valence-electron chi connectivity index (χ4n) is 5.18. The minimum Gasteiger partial charge on any atom is -0.489 e. The highest BCUT2D eigenvalue weighted by Gasteiger charge is 2.23. The molecule has 5 nitrogen and oxygen atoms in total. The Balaban J connectivity index is 1.40. The summed E-state index contributed by atoms with van der Waals surface area (Å²) in [5.41, 5.74) is 6.77. The number of aryl methyl sites for hydroxylation is 1. The summed E-state index contributed by atoms with van der Waals surface area (Å²) in [6.45, 7) is 4.54. The maximum absolute atomic E-state index is 11.0. The molecule has 1 atom stereocenters. The van der Waals surface area contributed by atoms with Gasteiger partial charge in [0.15, 0.2) is 0 Å². The van der Waals surface area contributed by atoms with Crippen molar-refractivity contribution in [1.82, 2.24) is 9.78 Å². The molecule has 1 fully saturated rings. The second kappa shape index (κ2) is 9.95. The normalized spacial score (nSPS) is 14.9. The number of hydrogen-bond acceptors (Lipinski definition) is 3. The van der Waals surface area contributed by atoms with E-state index in [2.05, 4.69) is 54.1 Å². The molecular formula is C30H32N2O3. The molecule has 0 saturated heterocycles. The van der Waals surface area contributed by atoms with Gasteiger partial charge in [0.25, 0.3) is 0 Å². The first-order chi connectivity index (χ1) is 17.0. The Bertz CT molecular complexity index is 1330. The van der Waals surface area contributed by atoms with E-state index >= 15 is 0 Å². The summed E-state index contributed by atoms with van der Waals surface area (Å²) >= 11 is 0. The highest BCUT2D eigenvalue weighted by atomic mass is 16.5. The van der Waals surface area contributed by atoms with Crippen LogP contribution >= 0.6 is 0 Å². The summed E-state index contributed by atoms with van der Waals surface area (Å²) in [7, 11) is 0. The molecule has 1 heterocycles. The van der Waals surface area contributed by atoms with Crippen LogP contribution in [0.25, 0.3) is 22.2 Å². The molecule has 0 aliphatic heterocycles. The Kier molecular flexibility index (Phi) is 6.58. The summed E-state index contributed by atoms with van der Waals surface area (Å²) < 4.78 is 8.34. The van der Waals surface area contributed by atoms with Crippen molar-refractivity contribution in [2.75, 3.05) is 0 Å². The van der Waals surface area contributed by atoms with Gasteiger partial charge < -0.3 is 9.84 Å². The number of carboxylic acid groups (broad SMARTS) is 1. The summed E-state index contributed by atoms with van der Waals surface area (Å²) in [6, 6.07) is 23.2. The smallest absolute Gasteiger partial charge is 0.303 e. The van der Waals surface area contributed by atoms with Crippen molar-refractivity contribution in [3.8, 4) is 17.0 Å². The molecule has 5 heteroatoms. The van der Waals surface area contributed by atoms with Crippen LogP contribution < -0.4 is 4.74 Å². The van der Waals surface area contributed by atoms with Crippen LogP contribution in [0.3, 0.4) is 0 Å². The molecule has 1 saturated carbocycles. The molecule has 1 aliphatic carbocycles. The minimum atomic E-state index is -0.782. The topological polar surface area (TPSA) is 64.4 Å². The van der Waals surface area contributed by atoms with Crippen LogP contribution in [0.1, 0.15) is 67.7 Å². The zero-order chi connectivity index (χ0) is 24.4. The second-order valence-corrected chi connectivity index (χ2v) is 9.75. The van der Waals surface area contributed by atoms with Crippen LogP contribution in [0.5, 0.6) is 5.75 Å². The van der Waals surface area contributed by atoms with Crippen LogP contribution in [0, 0.1) is 6.92 Å². The highest BCUT2D eigenvalue weighted by Crippen LogP contribution is 2.37. The van der Waals surface area contributed by atoms with Gasteiger partial charge in [0.05, 0.1) is 18.0 Å². The van der Waals surface area contributed by atoms with Crippen LogP contribution in [-0.4, -0.2) is 20.9 Å². The number of fused-ring (bicyclic) bond motifs is 1. The maximum atomic E-state index is 11.0. The van der Waals surface area contributed by atoms with Gasteiger partial charge in [-0.05, 0) is 60.6 Å². The lowest BCUT2D eigenvalue weighted by atomic mass is 9.98. The lowest BCUT2D eigenvalue weighted by molar-refractivity contribution is -0.137. The molecule has 1 aromatic heterocycles. The van der Waals surface area contributed by atoms with Gasteiger partial charge >= 0.3 is 5.97 Å². The SMILES string of the molecule is Cc1ccccc1-c1nn(C2CCCC2)c2cc(COc3ccc(C(C)CC(=O)O)cc3)ccc12.